The number of anilines is 1. The first-order valence-electron chi connectivity index (χ1n) is 8.12. The van der Waals surface area contributed by atoms with Gasteiger partial charge in [-0.2, -0.15) is 0 Å². The molecule has 0 radical (unpaired) electrons. The standard InChI is InChI=1S/C17H19N5OS/c1-11-10-24-16(18-11)21-17(23)22-8-6-12(7-9-22)15-19-13-4-2-3-5-14(13)20-15/h2-5,10,12H,6-9H2,1H3,(H,19,20)(H,18,21,23). The number of thiazole rings is 1. The molecule has 7 heteroatoms. The van der Waals surface area contributed by atoms with E-state index < -0.39 is 0 Å². The molecule has 1 aromatic carbocycles. The highest BCUT2D eigenvalue weighted by atomic mass is 32.1. The van der Waals surface area contributed by atoms with Gasteiger partial charge in [0.1, 0.15) is 5.82 Å². The monoisotopic (exact) mass is 341 g/mol. The zero-order chi connectivity index (χ0) is 16.5. The van der Waals surface area contributed by atoms with E-state index in [1.54, 1.807) is 0 Å². The van der Waals surface area contributed by atoms with E-state index in [9.17, 15) is 4.79 Å². The first-order valence-corrected chi connectivity index (χ1v) is 9.00. The van der Waals surface area contributed by atoms with Crippen LogP contribution in [0.3, 0.4) is 0 Å². The Hall–Kier alpha value is -2.41. The molecule has 2 amide bonds. The Labute approximate surface area is 143 Å². The van der Waals surface area contributed by atoms with Crippen LogP contribution in [0.15, 0.2) is 29.6 Å². The Morgan fingerprint density at radius 2 is 2.08 bits per heavy atom. The molecule has 0 unspecified atom stereocenters. The lowest BCUT2D eigenvalue weighted by molar-refractivity contribution is 0.193. The first-order chi connectivity index (χ1) is 11.7. The number of piperidine rings is 1. The fraction of sp³-hybridized carbons (Fsp3) is 0.353. The molecule has 2 aromatic heterocycles. The smallest absolute Gasteiger partial charge is 0.323 e. The predicted octanol–water partition coefficient (Wildman–Crippen LogP) is 3.74. The minimum absolute atomic E-state index is 0.0626. The van der Waals surface area contributed by atoms with E-state index in [0.29, 0.717) is 11.0 Å². The largest absolute Gasteiger partial charge is 0.342 e. The molecule has 24 heavy (non-hydrogen) atoms. The molecule has 2 N–H and O–H groups in total. The van der Waals surface area contributed by atoms with Gasteiger partial charge >= 0.3 is 6.03 Å². The van der Waals surface area contributed by atoms with Crippen molar-refractivity contribution in [2.45, 2.75) is 25.7 Å². The van der Waals surface area contributed by atoms with Gasteiger partial charge in [0.05, 0.1) is 16.7 Å². The minimum Gasteiger partial charge on any atom is -0.342 e. The van der Waals surface area contributed by atoms with E-state index in [2.05, 4.69) is 15.3 Å². The molecular weight excluding hydrogens is 322 g/mol. The maximum Gasteiger partial charge on any atom is 0.323 e. The lowest BCUT2D eigenvalue weighted by Crippen LogP contribution is -2.40. The third-order valence-electron chi connectivity index (χ3n) is 4.41. The van der Waals surface area contributed by atoms with E-state index >= 15 is 0 Å². The van der Waals surface area contributed by atoms with Gasteiger partial charge in [0, 0.05) is 24.4 Å². The van der Waals surface area contributed by atoms with Crippen LogP contribution >= 0.6 is 11.3 Å². The fourth-order valence-electron chi connectivity index (χ4n) is 3.10. The number of H-pyrrole nitrogens is 1. The average molecular weight is 341 g/mol. The van der Waals surface area contributed by atoms with Gasteiger partial charge in [0.15, 0.2) is 5.13 Å². The van der Waals surface area contributed by atoms with Crippen molar-refractivity contribution in [3.05, 3.63) is 41.2 Å². The molecular formula is C17H19N5OS. The highest BCUT2D eigenvalue weighted by Crippen LogP contribution is 2.28. The molecule has 1 fully saturated rings. The van der Waals surface area contributed by atoms with Crippen molar-refractivity contribution in [1.82, 2.24) is 19.9 Å². The van der Waals surface area contributed by atoms with Gasteiger partial charge in [0.25, 0.3) is 0 Å². The number of carbonyl (C=O) groups is 1. The summed E-state index contributed by atoms with van der Waals surface area (Å²) in [6.45, 7) is 3.39. The molecule has 3 aromatic rings. The zero-order valence-electron chi connectivity index (χ0n) is 13.5. The number of hydrogen-bond donors (Lipinski definition) is 2. The number of aromatic amines is 1. The Kier molecular flexibility index (Phi) is 3.93. The second-order valence-electron chi connectivity index (χ2n) is 6.12. The number of nitrogens with zero attached hydrogens (tertiary/aromatic N) is 3. The van der Waals surface area contributed by atoms with Crippen LogP contribution in [-0.4, -0.2) is 39.0 Å². The van der Waals surface area contributed by atoms with Crippen LogP contribution in [-0.2, 0) is 0 Å². The van der Waals surface area contributed by atoms with Crippen molar-refractivity contribution in [2.24, 2.45) is 0 Å². The Bertz CT molecular complexity index is 830. The van der Waals surface area contributed by atoms with Gasteiger partial charge in [-0.1, -0.05) is 12.1 Å². The van der Waals surface area contributed by atoms with Crippen LogP contribution in [0.5, 0.6) is 0 Å². The van der Waals surface area contributed by atoms with Crippen molar-refractivity contribution >= 4 is 33.5 Å². The van der Waals surface area contributed by atoms with Gasteiger partial charge in [-0.15, -0.1) is 11.3 Å². The number of carbonyl (C=O) groups excluding carboxylic acids is 1. The average Bonchev–Trinajstić information content (AvgIpc) is 3.21. The molecule has 1 aliphatic heterocycles. The van der Waals surface area contributed by atoms with Gasteiger partial charge in [-0.05, 0) is 31.9 Å². The number of para-hydroxylation sites is 2. The fourth-order valence-corrected chi connectivity index (χ4v) is 3.78. The highest BCUT2D eigenvalue weighted by molar-refractivity contribution is 7.13. The van der Waals surface area contributed by atoms with Gasteiger partial charge in [-0.25, -0.2) is 14.8 Å². The summed E-state index contributed by atoms with van der Waals surface area (Å²) < 4.78 is 0. The van der Waals surface area contributed by atoms with Crippen molar-refractivity contribution in [3.8, 4) is 0 Å². The molecule has 3 heterocycles. The molecule has 1 aliphatic rings. The number of hydrogen-bond acceptors (Lipinski definition) is 4. The summed E-state index contributed by atoms with van der Waals surface area (Å²) in [7, 11) is 0. The number of rotatable bonds is 2. The number of aromatic nitrogens is 3. The molecule has 6 nitrogen and oxygen atoms in total. The number of likely N-dealkylation sites (tertiary alicyclic amines) is 1. The van der Waals surface area contributed by atoms with Crippen LogP contribution < -0.4 is 5.32 Å². The summed E-state index contributed by atoms with van der Waals surface area (Å²) in [5.74, 6) is 1.41. The lowest BCUT2D eigenvalue weighted by Gasteiger charge is -2.30. The minimum atomic E-state index is -0.0626. The van der Waals surface area contributed by atoms with Crippen LogP contribution in [0.1, 0.15) is 30.3 Å². The van der Waals surface area contributed by atoms with Crippen LogP contribution in [0.4, 0.5) is 9.93 Å². The molecule has 1 saturated heterocycles. The summed E-state index contributed by atoms with van der Waals surface area (Å²) >= 11 is 1.46. The Morgan fingerprint density at radius 3 is 2.79 bits per heavy atom. The summed E-state index contributed by atoms with van der Waals surface area (Å²) in [4.78, 5) is 26.6. The van der Waals surface area contributed by atoms with Crippen LogP contribution in [0.2, 0.25) is 0 Å². The number of nitrogens with one attached hydrogen (secondary N) is 2. The topological polar surface area (TPSA) is 73.9 Å². The number of fused-ring (bicyclic) bond motifs is 1. The second-order valence-corrected chi connectivity index (χ2v) is 6.98. The summed E-state index contributed by atoms with van der Waals surface area (Å²) in [5, 5.41) is 5.48. The number of imidazole rings is 1. The van der Waals surface area contributed by atoms with Crippen LogP contribution in [0, 0.1) is 6.92 Å². The maximum atomic E-state index is 12.3. The van der Waals surface area contributed by atoms with Crippen LogP contribution in [0.25, 0.3) is 11.0 Å². The van der Waals surface area contributed by atoms with Crippen molar-refractivity contribution in [3.63, 3.8) is 0 Å². The molecule has 0 aliphatic carbocycles. The third-order valence-corrected chi connectivity index (χ3v) is 5.29. The number of aryl methyl sites for hydroxylation is 1. The van der Waals surface area contributed by atoms with Crippen molar-refractivity contribution < 1.29 is 4.79 Å². The zero-order valence-corrected chi connectivity index (χ0v) is 14.3. The summed E-state index contributed by atoms with van der Waals surface area (Å²) in [6.07, 6.45) is 1.84. The van der Waals surface area contributed by atoms with Gasteiger partial charge in [0.2, 0.25) is 0 Å². The number of urea groups is 1. The molecule has 0 atom stereocenters. The van der Waals surface area contributed by atoms with E-state index in [4.69, 9.17) is 4.98 Å². The van der Waals surface area contributed by atoms with E-state index in [1.165, 1.54) is 11.3 Å². The van der Waals surface area contributed by atoms with Crippen molar-refractivity contribution in [1.29, 1.82) is 0 Å². The van der Waals surface area contributed by atoms with Gasteiger partial charge < -0.3 is 9.88 Å². The Morgan fingerprint density at radius 1 is 1.29 bits per heavy atom. The van der Waals surface area contributed by atoms with Crippen molar-refractivity contribution in [2.75, 3.05) is 18.4 Å². The lowest BCUT2D eigenvalue weighted by atomic mass is 9.96. The molecule has 0 saturated carbocycles. The SMILES string of the molecule is Cc1csc(NC(=O)N2CCC(c3nc4ccccc4[nH]3)CC2)n1. The number of benzene rings is 1. The molecule has 4 rings (SSSR count). The van der Waals surface area contributed by atoms with Gasteiger partial charge in [-0.3, -0.25) is 5.32 Å². The molecule has 0 bridgehead atoms. The van der Waals surface area contributed by atoms with E-state index in [-0.39, 0.29) is 6.03 Å². The quantitative estimate of drug-likeness (QED) is 0.746. The highest BCUT2D eigenvalue weighted by Gasteiger charge is 2.26. The normalized spacial score (nSPS) is 15.8. The molecule has 0 spiro atoms. The van der Waals surface area contributed by atoms with E-state index in [1.807, 2.05) is 41.5 Å². The third kappa shape index (κ3) is 2.99. The summed E-state index contributed by atoms with van der Waals surface area (Å²) in [5.41, 5.74) is 3.01. The van der Waals surface area contributed by atoms with E-state index in [0.717, 1.165) is 48.5 Å². The first kappa shape index (κ1) is 15.1. The maximum absolute atomic E-state index is 12.3. The number of amides is 2. The Balaban J connectivity index is 1.38. The predicted molar refractivity (Wildman–Crippen MR) is 95.5 cm³/mol. The molecule has 124 valence electrons. The second kappa shape index (κ2) is 6.24. The summed E-state index contributed by atoms with van der Waals surface area (Å²) in [6, 6.07) is 8.02.